The van der Waals surface area contributed by atoms with Crippen LogP contribution in [0.5, 0.6) is 5.75 Å². The molecule has 0 unspecified atom stereocenters. The van der Waals surface area contributed by atoms with Gasteiger partial charge in [-0.05, 0) is 31.0 Å². The zero-order valence-corrected chi connectivity index (χ0v) is 14.5. The maximum absolute atomic E-state index is 12.1. The van der Waals surface area contributed by atoms with Crippen LogP contribution in [-0.2, 0) is 14.8 Å². The highest BCUT2D eigenvalue weighted by Gasteiger charge is 2.25. The number of rotatable bonds is 6. The SMILES string of the molecule is Cc1cccc(OCCCC(=O)N2CCN(S(C)(=O)=O)CC2)c1. The summed E-state index contributed by atoms with van der Waals surface area (Å²) < 4.78 is 29.9. The molecule has 2 rings (SSSR count). The van der Waals surface area contributed by atoms with E-state index < -0.39 is 10.0 Å². The van der Waals surface area contributed by atoms with E-state index in [1.807, 2.05) is 31.2 Å². The van der Waals surface area contributed by atoms with Crippen molar-refractivity contribution in [2.45, 2.75) is 19.8 Å². The average molecular weight is 340 g/mol. The minimum atomic E-state index is -3.15. The summed E-state index contributed by atoms with van der Waals surface area (Å²) in [6, 6.07) is 7.81. The Bertz CT molecular complexity index is 637. The number of carbonyl (C=O) groups is 1. The smallest absolute Gasteiger partial charge is 0.222 e. The van der Waals surface area contributed by atoms with E-state index in [4.69, 9.17) is 4.74 Å². The highest BCUT2D eigenvalue weighted by Crippen LogP contribution is 2.13. The maximum Gasteiger partial charge on any atom is 0.222 e. The molecule has 7 heteroatoms. The molecule has 23 heavy (non-hydrogen) atoms. The number of nitrogens with zero attached hydrogens (tertiary/aromatic N) is 2. The summed E-state index contributed by atoms with van der Waals surface area (Å²) in [5.74, 6) is 0.880. The third kappa shape index (κ3) is 5.51. The molecule has 128 valence electrons. The lowest BCUT2D eigenvalue weighted by Gasteiger charge is -2.33. The van der Waals surface area contributed by atoms with E-state index in [1.54, 1.807) is 4.90 Å². The van der Waals surface area contributed by atoms with E-state index in [9.17, 15) is 13.2 Å². The number of carbonyl (C=O) groups excluding carboxylic acids is 1. The van der Waals surface area contributed by atoms with Crippen LogP contribution in [0.3, 0.4) is 0 Å². The van der Waals surface area contributed by atoms with Crippen molar-refractivity contribution in [1.29, 1.82) is 0 Å². The molecule has 0 aromatic heterocycles. The molecule has 1 heterocycles. The van der Waals surface area contributed by atoms with Crippen LogP contribution in [0.2, 0.25) is 0 Å². The van der Waals surface area contributed by atoms with Crippen molar-refractivity contribution >= 4 is 15.9 Å². The summed E-state index contributed by atoms with van der Waals surface area (Å²) >= 11 is 0. The number of hydrogen-bond donors (Lipinski definition) is 0. The van der Waals surface area contributed by atoms with Crippen LogP contribution in [0, 0.1) is 6.92 Å². The molecule has 0 radical (unpaired) electrons. The van der Waals surface area contributed by atoms with Crippen LogP contribution < -0.4 is 4.74 Å². The van der Waals surface area contributed by atoms with Gasteiger partial charge in [0.15, 0.2) is 0 Å². The fourth-order valence-corrected chi connectivity index (χ4v) is 3.37. The van der Waals surface area contributed by atoms with Crippen molar-refractivity contribution in [3.63, 3.8) is 0 Å². The Kier molecular flexibility index (Phi) is 6.01. The van der Waals surface area contributed by atoms with Crippen molar-refractivity contribution in [3.8, 4) is 5.75 Å². The summed E-state index contributed by atoms with van der Waals surface area (Å²) in [5.41, 5.74) is 1.14. The van der Waals surface area contributed by atoms with Gasteiger partial charge >= 0.3 is 0 Å². The molecule has 0 atom stereocenters. The summed E-state index contributed by atoms with van der Waals surface area (Å²) in [6.07, 6.45) is 2.27. The Morgan fingerprint density at radius 3 is 2.52 bits per heavy atom. The minimum absolute atomic E-state index is 0.0611. The maximum atomic E-state index is 12.1. The van der Waals surface area contributed by atoms with Crippen molar-refractivity contribution < 1.29 is 17.9 Å². The topological polar surface area (TPSA) is 66.9 Å². The summed E-state index contributed by atoms with van der Waals surface area (Å²) in [6.45, 7) is 4.19. The van der Waals surface area contributed by atoms with Crippen LogP contribution >= 0.6 is 0 Å². The van der Waals surface area contributed by atoms with Crippen molar-refractivity contribution in [2.75, 3.05) is 39.0 Å². The number of ether oxygens (including phenoxy) is 1. The molecule has 0 N–H and O–H groups in total. The molecular weight excluding hydrogens is 316 g/mol. The van der Waals surface area contributed by atoms with Crippen molar-refractivity contribution in [3.05, 3.63) is 29.8 Å². The fourth-order valence-electron chi connectivity index (χ4n) is 2.55. The molecule has 0 bridgehead atoms. The van der Waals surface area contributed by atoms with Crippen molar-refractivity contribution in [1.82, 2.24) is 9.21 Å². The number of piperazine rings is 1. The molecule has 1 fully saturated rings. The normalized spacial score (nSPS) is 16.3. The number of aryl methyl sites for hydroxylation is 1. The molecule has 1 saturated heterocycles. The van der Waals surface area contributed by atoms with Gasteiger partial charge in [0.25, 0.3) is 0 Å². The summed E-state index contributed by atoms with van der Waals surface area (Å²) in [4.78, 5) is 13.9. The van der Waals surface area contributed by atoms with Gasteiger partial charge in [-0.2, -0.15) is 4.31 Å². The lowest BCUT2D eigenvalue weighted by molar-refractivity contribution is -0.132. The molecule has 1 aromatic carbocycles. The minimum Gasteiger partial charge on any atom is -0.494 e. The van der Waals surface area contributed by atoms with Crippen LogP contribution in [0.15, 0.2) is 24.3 Å². The second kappa shape index (κ2) is 7.79. The Labute approximate surface area is 138 Å². The monoisotopic (exact) mass is 340 g/mol. The van der Waals surface area contributed by atoms with Gasteiger partial charge in [0.1, 0.15) is 5.75 Å². The molecule has 0 spiro atoms. The number of amides is 1. The first-order chi connectivity index (χ1) is 10.9. The summed E-state index contributed by atoms with van der Waals surface area (Å²) in [7, 11) is -3.15. The first-order valence-electron chi connectivity index (χ1n) is 7.78. The molecule has 0 saturated carbocycles. The number of sulfonamides is 1. The van der Waals surface area contributed by atoms with Crippen LogP contribution in [-0.4, -0.2) is 62.6 Å². The van der Waals surface area contributed by atoms with Crippen LogP contribution in [0.25, 0.3) is 0 Å². The first-order valence-corrected chi connectivity index (χ1v) is 9.63. The number of hydrogen-bond acceptors (Lipinski definition) is 4. The lowest BCUT2D eigenvalue weighted by Crippen LogP contribution is -2.50. The van der Waals surface area contributed by atoms with Gasteiger partial charge in [0.2, 0.25) is 15.9 Å². The van der Waals surface area contributed by atoms with E-state index in [0.29, 0.717) is 45.6 Å². The first kappa shape index (κ1) is 17.7. The Balaban J connectivity index is 1.68. The molecule has 1 amide bonds. The highest BCUT2D eigenvalue weighted by atomic mass is 32.2. The fraction of sp³-hybridized carbons (Fsp3) is 0.562. The van der Waals surface area contributed by atoms with Gasteiger partial charge in [-0.3, -0.25) is 4.79 Å². The lowest BCUT2D eigenvalue weighted by atomic mass is 10.2. The van der Waals surface area contributed by atoms with Gasteiger partial charge in [0.05, 0.1) is 12.9 Å². The van der Waals surface area contributed by atoms with E-state index in [2.05, 4.69) is 0 Å². The molecule has 6 nitrogen and oxygen atoms in total. The van der Waals surface area contributed by atoms with E-state index in [-0.39, 0.29) is 5.91 Å². The predicted octanol–water partition coefficient (Wildman–Crippen LogP) is 1.26. The van der Waals surface area contributed by atoms with Gasteiger partial charge < -0.3 is 9.64 Å². The Morgan fingerprint density at radius 2 is 1.91 bits per heavy atom. The molecule has 1 aliphatic rings. The van der Waals surface area contributed by atoms with E-state index in [0.717, 1.165) is 11.3 Å². The van der Waals surface area contributed by atoms with Gasteiger partial charge in [-0.25, -0.2) is 8.42 Å². The van der Waals surface area contributed by atoms with E-state index in [1.165, 1.54) is 10.6 Å². The largest absolute Gasteiger partial charge is 0.494 e. The third-order valence-electron chi connectivity index (χ3n) is 3.85. The van der Waals surface area contributed by atoms with Crippen LogP contribution in [0.4, 0.5) is 0 Å². The molecule has 1 aromatic rings. The second-order valence-corrected chi connectivity index (χ2v) is 7.79. The van der Waals surface area contributed by atoms with Gasteiger partial charge in [-0.15, -0.1) is 0 Å². The Hall–Kier alpha value is -1.60. The zero-order valence-electron chi connectivity index (χ0n) is 13.7. The van der Waals surface area contributed by atoms with Crippen LogP contribution in [0.1, 0.15) is 18.4 Å². The van der Waals surface area contributed by atoms with Gasteiger partial charge in [-0.1, -0.05) is 12.1 Å². The van der Waals surface area contributed by atoms with E-state index >= 15 is 0 Å². The van der Waals surface area contributed by atoms with Gasteiger partial charge in [0, 0.05) is 32.6 Å². The molecular formula is C16H24N2O4S. The second-order valence-electron chi connectivity index (χ2n) is 5.81. The standard InChI is InChI=1S/C16H24N2O4S/c1-14-5-3-6-15(13-14)22-12-4-7-16(19)17-8-10-18(11-9-17)23(2,20)21/h3,5-6,13H,4,7-12H2,1-2H3. The summed E-state index contributed by atoms with van der Waals surface area (Å²) in [5, 5.41) is 0. The number of benzene rings is 1. The average Bonchev–Trinajstić information content (AvgIpc) is 2.51. The Morgan fingerprint density at radius 1 is 1.22 bits per heavy atom. The molecule has 0 aliphatic carbocycles. The predicted molar refractivity (Wildman–Crippen MR) is 88.9 cm³/mol. The third-order valence-corrected chi connectivity index (χ3v) is 5.16. The molecule has 1 aliphatic heterocycles. The zero-order chi connectivity index (χ0) is 16.9. The quantitative estimate of drug-likeness (QED) is 0.731. The van der Waals surface area contributed by atoms with Crippen molar-refractivity contribution in [2.24, 2.45) is 0 Å². The highest BCUT2D eigenvalue weighted by molar-refractivity contribution is 7.88.